The molecular weight excluding hydrogens is 461 g/mol. The number of carbonyl (C=O) groups excluding carboxylic acids is 1. The van der Waals surface area contributed by atoms with E-state index < -0.39 is 33.1 Å². The minimum Gasteiger partial charge on any atom is -0.372 e. The molecule has 2 aliphatic rings. The lowest BCUT2D eigenvalue weighted by Gasteiger charge is -2.34. The number of carbonyl (C=O) groups is 1. The highest BCUT2D eigenvalue weighted by Gasteiger charge is 2.52. The Kier molecular flexibility index (Phi) is 6.04. The van der Waals surface area contributed by atoms with Crippen molar-refractivity contribution >= 4 is 17.9 Å². The summed E-state index contributed by atoms with van der Waals surface area (Å²) >= 11 is 5.68. The summed E-state index contributed by atoms with van der Waals surface area (Å²) in [6.07, 6.45) is 6.04. The second kappa shape index (κ2) is 8.66. The average Bonchev–Trinajstić information content (AvgIpc) is 3.29. The van der Waals surface area contributed by atoms with E-state index >= 15 is 0 Å². The van der Waals surface area contributed by atoms with Crippen molar-refractivity contribution in [1.29, 1.82) is 0 Å². The number of nitrogens with zero attached hydrogens (tertiary/aromatic N) is 4. The number of alkyl halides is 3. The molecule has 2 atom stereocenters. The van der Waals surface area contributed by atoms with Gasteiger partial charge in [-0.1, -0.05) is 11.6 Å². The van der Waals surface area contributed by atoms with Gasteiger partial charge >= 0.3 is 6.18 Å². The van der Waals surface area contributed by atoms with Gasteiger partial charge < -0.3 is 9.69 Å². The molecular formula is C22H20ClF3N4O3. The summed E-state index contributed by atoms with van der Waals surface area (Å²) in [5, 5.41) is 15.8. The first kappa shape index (κ1) is 23.0. The number of likely N-dealkylation sites (tertiary alicyclic amines) is 1. The molecule has 1 aromatic heterocycles. The molecule has 174 valence electrons. The van der Waals surface area contributed by atoms with Crippen molar-refractivity contribution in [1.82, 2.24) is 14.7 Å². The van der Waals surface area contributed by atoms with Gasteiger partial charge in [-0.25, -0.2) is 4.68 Å². The molecule has 1 aliphatic heterocycles. The van der Waals surface area contributed by atoms with Crippen LogP contribution in [0, 0.1) is 16.0 Å². The summed E-state index contributed by atoms with van der Waals surface area (Å²) in [6.45, 7) is 1.62. The molecule has 1 saturated heterocycles. The number of hydrogen-bond donors (Lipinski definition) is 0. The fourth-order valence-electron chi connectivity index (χ4n) is 4.32. The van der Waals surface area contributed by atoms with Crippen LogP contribution in [0.5, 0.6) is 0 Å². The number of aromatic nitrogens is 2. The molecule has 2 aromatic rings. The molecule has 11 heteroatoms. The van der Waals surface area contributed by atoms with Crippen molar-refractivity contribution in [2.45, 2.75) is 31.0 Å². The van der Waals surface area contributed by atoms with Crippen LogP contribution in [0.3, 0.4) is 0 Å². The lowest BCUT2D eigenvalue weighted by atomic mass is 9.77. The third kappa shape index (κ3) is 4.15. The van der Waals surface area contributed by atoms with Crippen LogP contribution in [0.25, 0.3) is 5.69 Å². The van der Waals surface area contributed by atoms with Crippen LogP contribution in [-0.2, 0) is 16.5 Å². The lowest BCUT2D eigenvalue weighted by molar-refractivity contribution is -0.569. The maximum atomic E-state index is 13.2. The van der Waals surface area contributed by atoms with E-state index in [-0.39, 0.29) is 11.3 Å². The van der Waals surface area contributed by atoms with Gasteiger partial charge in [0.1, 0.15) is 12.2 Å². The highest BCUT2D eigenvalue weighted by molar-refractivity contribution is 6.31. The number of rotatable bonds is 5. The van der Waals surface area contributed by atoms with Gasteiger partial charge in [0.25, 0.3) is 5.54 Å². The second-order valence-corrected chi connectivity index (χ2v) is 8.46. The Balaban J connectivity index is 1.72. The largest absolute Gasteiger partial charge is 0.417 e. The van der Waals surface area contributed by atoms with Crippen LogP contribution < -0.4 is 0 Å². The SMILES string of the molecule is O=CC1C=C(N2CCCCC2)C=CC1(c1cnn(-c2ccc(Cl)c(C(F)(F)F)c2)c1)[N+](=O)[O-]. The van der Waals surface area contributed by atoms with Gasteiger partial charge in [0, 0.05) is 29.9 Å². The molecule has 0 bridgehead atoms. The Labute approximate surface area is 192 Å². The number of aldehydes is 1. The number of hydrogen-bond acceptors (Lipinski definition) is 5. The first-order valence-electron chi connectivity index (χ1n) is 10.3. The highest BCUT2D eigenvalue weighted by atomic mass is 35.5. The lowest BCUT2D eigenvalue weighted by Crippen LogP contribution is -2.43. The molecule has 1 fully saturated rings. The van der Waals surface area contributed by atoms with Crippen LogP contribution in [0.2, 0.25) is 5.02 Å². The van der Waals surface area contributed by atoms with Gasteiger partial charge in [-0.15, -0.1) is 0 Å². The van der Waals surface area contributed by atoms with E-state index in [1.54, 1.807) is 12.2 Å². The minimum atomic E-state index is -4.67. The zero-order chi connectivity index (χ0) is 23.8. The smallest absolute Gasteiger partial charge is 0.372 e. The molecule has 2 unspecified atom stereocenters. The van der Waals surface area contributed by atoms with Crippen molar-refractivity contribution in [2.24, 2.45) is 5.92 Å². The summed E-state index contributed by atoms with van der Waals surface area (Å²) in [7, 11) is 0. The number of halogens is 4. The zero-order valence-electron chi connectivity index (χ0n) is 17.3. The zero-order valence-corrected chi connectivity index (χ0v) is 18.1. The summed E-state index contributed by atoms with van der Waals surface area (Å²) < 4.78 is 40.8. The van der Waals surface area contributed by atoms with Crippen LogP contribution in [0.4, 0.5) is 13.2 Å². The van der Waals surface area contributed by atoms with Crippen molar-refractivity contribution in [3.8, 4) is 5.69 Å². The fourth-order valence-corrected chi connectivity index (χ4v) is 4.54. The first-order chi connectivity index (χ1) is 15.7. The Bertz CT molecular complexity index is 1140. The number of benzene rings is 1. The van der Waals surface area contributed by atoms with Crippen molar-refractivity contribution in [3.63, 3.8) is 0 Å². The predicted octanol–water partition coefficient (Wildman–Crippen LogP) is 4.77. The third-order valence-electron chi connectivity index (χ3n) is 6.10. The summed E-state index contributed by atoms with van der Waals surface area (Å²) in [5.74, 6) is -1.11. The second-order valence-electron chi connectivity index (χ2n) is 8.05. The number of piperidine rings is 1. The Morgan fingerprint density at radius 1 is 1.24 bits per heavy atom. The van der Waals surface area contributed by atoms with Gasteiger partial charge in [-0.3, -0.25) is 10.1 Å². The van der Waals surface area contributed by atoms with Crippen LogP contribution in [0.15, 0.2) is 54.5 Å². The molecule has 4 rings (SSSR count). The predicted molar refractivity (Wildman–Crippen MR) is 114 cm³/mol. The quantitative estimate of drug-likeness (QED) is 0.350. The van der Waals surface area contributed by atoms with Crippen molar-refractivity contribution in [2.75, 3.05) is 13.1 Å². The van der Waals surface area contributed by atoms with Crippen LogP contribution >= 0.6 is 11.6 Å². The van der Waals surface area contributed by atoms with Gasteiger partial charge in [-0.2, -0.15) is 18.3 Å². The monoisotopic (exact) mass is 480 g/mol. The molecule has 1 aromatic carbocycles. The normalized spacial score (nSPS) is 23.3. The first-order valence-corrected chi connectivity index (χ1v) is 10.7. The van der Waals surface area contributed by atoms with E-state index in [1.807, 2.05) is 0 Å². The van der Waals surface area contributed by atoms with Crippen molar-refractivity contribution < 1.29 is 22.9 Å². The maximum absolute atomic E-state index is 13.2. The standard InChI is InChI=1S/C22H20ClF3N4O3/c23-20-5-4-18(11-19(20)22(24,25)26)29-13-16(12-27-29)21(30(32)33)7-6-17(10-15(21)14-31)28-8-2-1-3-9-28/h4-7,10-15H,1-3,8-9H2. The highest BCUT2D eigenvalue weighted by Crippen LogP contribution is 2.40. The van der Waals surface area contributed by atoms with Crippen molar-refractivity contribution in [3.05, 3.63) is 80.8 Å². The third-order valence-corrected chi connectivity index (χ3v) is 6.43. The molecule has 2 heterocycles. The average molecular weight is 481 g/mol. The Morgan fingerprint density at radius 3 is 2.61 bits per heavy atom. The van der Waals surface area contributed by atoms with Gasteiger partial charge in [-0.05, 0) is 55.7 Å². The van der Waals surface area contributed by atoms with E-state index in [4.69, 9.17) is 11.6 Å². The van der Waals surface area contributed by atoms with Gasteiger partial charge in [0.15, 0.2) is 0 Å². The molecule has 1 aliphatic carbocycles. The molecule has 0 radical (unpaired) electrons. The van der Waals surface area contributed by atoms with E-state index in [1.165, 1.54) is 24.5 Å². The molecule has 0 spiro atoms. The molecule has 7 nitrogen and oxygen atoms in total. The van der Waals surface area contributed by atoms with Crippen LogP contribution in [-0.4, -0.2) is 39.0 Å². The Hall–Kier alpha value is -3.14. The topological polar surface area (TPSA) is 81.3 Å². The summed E-state index contributed by atoms with van der Waals surface area (Å²) in [5.41, 5.74) is -2.09. The molecule has 33 heavy (non-hydrogen) atoms. The Morgan fingerprint density at radius 2 is 1.97 bits per heavy atom. The van der Waals surface area contributed by atoms with Crippen LogP contribution in [0.1, 0.15) is 30.4 Å². The van der Waals surface area contributed by atoms with E-state index in [0.29, 0.717) is 6.29 Å². The summed E-state index contributed by atoms with van der Waals surface area (Å²) in [4.78, 5) is 25.8. The molecule has 0 amide bonds. The number of allylic oxidation sites excluding steroid dienone is 1. The molecule has 0 saturated carbocycles. The summed E-state index contributed by atoms with van der Waals surface area (Å²) in [6, 6.07) is 3.24. The van der Waals surface area contributed by atoms with E-state index in [0.717, 1.165) is 54.9 Å². The van der Waals surface area contributed by atoms with E-state index in [9.17, 15) is 28.1 Å². The molecule has 0 N–H and O–H groups in total. The van der Waals surface area contributed by atoms with E-state index in [2.05, 4.69) is 10.00 Å². The number of nitro groups is 1. The van der Waals surface area contributed by atoms with Gasteiger partial charge in [0.2, 0.25) is 0 Å². The minimum absolute atomic E-state index is 0.0310. The maximum Gasteiger partial charge on any atom is 0.417 e. The fraction of sp³-hybridized carbons (Fsp3) is 0.364. The van der Waals surface area contributed by atoms with Gasteiger partial charge in [0.05, 0.1) is 28.0 Å².